The molecule has 1 saturated carbocycles. The van der Waals surface area contributed by atoms with E-state index < -0.39 is 0 Å². The Morgan fingerprint density at radius 1 is 1.22 bits per heavy atom. The first kappa shape index (κ1) is 12.5. The van der Waals surface area contributed by atoms with E-state index in [1.807, 2.05) is 0 Å². The molecule has 0 radical (unpaired) electrons. The molecule has 0 aromatic carbocycles. The zero-order valence-corrected chi connectivity index (χ0v) is 11.7. The number of nitrogens with zero attached hydrogens (tertiary/aromatic N) is 1. The van der Waals surface area contributed by atoms with Gasteiger partial charge in [-0.15, -0.1) is 0 Å². The number of piperidine rings is 2. The standard InChI is InChI=1S/C15H26N2O/c1-11-3-8-17(10-12(11)2)14(18)13-9-15(13)4-6-16-7-5-15/h11-13,16H,3-10H2,1-2H3. The molecular formula is C15H26N2O. The lowest BCUT2D eigenvalue weighted by Crippen LogP contribution is -2.44. The number of carbonyl (C=O) groups excluding carboxylic acids is 1. The van der Waals surface area contributed by atoms with Crippen LogP contribution in [0.4, 0.5) is 0 Å². The second-order valence-electron chi connectivity index (χ2n) is 6.90. The molecule has 3 aliphatic rings. The van der Waals surface area contributed by atoms with Crippen LogP contribution in [0.3, 0.4) is 0 Å². The first-order valence-corrected chi connectivity index (χ1v) is 7.62. The number of hydrogen-bond acceptors (Lipinski definition) is 2. The molecule has 18 heavy (non-hydrogen) atoms. The third kappa shape index (κ3) is 2.07. The van der Waals surface area contributed by atoms with E-state index in [1.54, 1.807) is 0 Å². The Bertz CT molecular complexity index is 329. The van der Waals surface area contributed by atoms with Crippen LogP contribution in [-0.2, 0) is 4.79 Å². The van der Waals surface area contributed by atoms with Gasteiger partial charge in [-0.1, -0.05) is 13.8 Å². The topological polar surface area (TPSA) is 32.3 Å². The molecule has 3 heteroatoms. The van der Waals surface area contributed by atoms with E-state index in [9.17, 15) is 4.79 Å². The van der Waals surface area contributed by atoms with E-state index in [0.717, 1.165) is 38.5 Å². The summed E-state index contributed by atoms with van der Waals surface area (Å²) in [6.07, 6.45) is 4.77. The van der Waals surface area contributed by atoms with Gasteiger partial charge < -0.3 is 10.2 Å². The molecule has 1 N–H and O–H groups in total. The van der Waals surface area contributed by atoms with Crippen molar-refractivity contribution in [2.75, 3.05) is 26.2 Å². The Labute approximate surface area is 110 Å². The van der Waals surface area contributed by atoms with Crippen molar-refractivity contribution >= 4 is 5.91 Å². The number of carbonyl (C=O) groups is 1. The highest BCUT2D eigenvalue weighted by Gasteiger charge is 2.58. The molecule has 2 aliphatic heterocycles. The van der Waals surface area contributed by atoms with E-state index in [0.29, 0.717) is 23.2 Å². The molecule has 2 saturated heterocycles. The van der Waals surface area contributed by atoms with Gasteiger partial charge in [-0.05, 0) is 56.0 Å². The first-order valence-electron chi connectivity index (χ1n) is 7.62. The van der Waals surface area contributed by atoms with E-state index in [2.05, 4.69) is 24.1 Å². The predicted octanol–water partition coefficient (Wildman–Crippen LogP) is 1.88. The molecule has 3 atom stereocenters. The largest absolute Gasteiger partial charge is 0.342 e. The van der Waals surface area contributed by atoms with Crippen LogP contribution in [0, 0.1) is 23.2 Å². The van der Waals surface area contributed by atoms with Crippen LogP contribution >= 0.6 is 0 Å². The fourth-order valence-corrected chi connectivity index (χ4v) is 3.86. The fourth-order valence-electron chi connectivity index (χ4n) is 3.86. The lowest BCUT2D eigenvalue weighted by atomic mass is 9.87. The Balaban J connectivity index is 1.59. The highest BCUT2D eigenvalue weighted by Crippen LogP contribution is 2.59. The summed E-state index contributed by atoms with van der Waals surface area (Å²) < 4.78 is 0. The molecule has 3 nitrogen and oxygen atoms in total. The third-order valence-corrected chi connectivity index (χ3v) is 5.73. The van der Waals surface area contributed by atoms with Gasteiger partial charge in [0.15, 0.2) is 0 Å². The summed E-state index contributed by atoms with van der Waals surface area (Å²) in [5.41, 5.74) is 0.397. The van der Waals surface area contributed by atoms with Gasteiger partial charge in [0.05, 0.1) is 0 Å². The van der Waals surface area contributed by atoms with E-state index in [1.165, 1.54) is 19.3 Å². The monoisotopic (exact) mass is 250 g/mol. The molecule has 1 amide bonds. The molecule has 2 heterocycles. The molecule has 1 spiro atoms. The second kappa shape index (κ2) is 4.52. The molecule has 3 rings (SSSR count). The number of amides is 1. The van der Waals surface area contributed by atoms with Crippen molar-refractivity contribution in [3.63, 3.8) is 0 Å². The Hall–Kier alpha value is -0.570. The van der Waals surface area contributed by atoms with Crippen LogP contribution in [0.5, 0.6) is 0 Å². The maximum Gasteiger partial charge on any atom is 0.226 e. The van der Waals surface area contributed by atoms with Crippen LogP contribution in [0.15, 0.2) is 0 Å². The summed E-state index contributed by atoms with van der Waals surface area (Å²) in [6.45, 7) is 8.81. The van der Waals surface area contributed by atoms with Crippen LogP contribution in [0.1, 0.15) is 39.5 Å². The number of likely N-dealkylation sites (tertiary alicyclic amines) is 1. The number of nitrogens with one attached hydrogen (secondary N) is 1. The minimum absolute atomic E-state index is 0.361. The summed E-state index contributed by atoms with van der Waals surface area (Å²) in [5, 5.41) is 3.41. The molecule has 102 valence electrons. The summed E-state index contributed by atoms with van der Waals surface area (Å²) >= 11 is 0. The van der Waals surface area contributed by atoms with Gasteiger partial charge in [-0.3, -0.25) is 4.79 Å². The molecule has 0 aromatic rings. The highest BCUT2D eigenvalue weighted by atomic mass is 16.2. The predicted molar refractivity (Wildman–Crippen MR) is 72.2 cm³/mol. The van der Waals surface area contributed by atoms with Gasteiger partial charge in [0.25, 0.3) is 0 Å². The van der Waals surface area contributed by atoms with Crippen molar-refractivity contribution in [2.24, 2.45) is 23.2 Å². The van der Waals surface area contributed by atoms with Gasteiger partial charge >= 0.3 is 0 Å². The average molecular weight is 250 g/mol. The maximum atomic E-state index is 12.6. The van der Waals surface area contributed by atoms with Gasteiger partial charge in [0, 0.05) is 19.0 Å². The quantitative estimate of drug-likeness (QED) is 0.770. The van der Waals surface area contributed by atoms with Crippen LogP contribution < -0.4 is 5.32 Å². The summed E-state index contributed by atoms with van der Waals surface area (Å²) in [7, 11) is 0. The van der Waals surface area contributed by atoms with Crippen LogP contribution in [0.2, 0.25) is 0 Å². The summed E-state index contributed by atoms with van der Waals surface area (Å²) in [4.78, 5) is 14.8. The minimum atomic E-state index is 0.361. The Morgan fingerprint density at radius 2 is 1.94 bits per heavy atom. The summed E-state index contributed by atoms with van der Waals surface area (Å²) in [5.74, 6) is 2.28. The Morgan fingerprint density at radius 3 is 2.61 bits per heavy atom. The van der Waals surface area contributed by atoms with Crippen molar-refractivity contribution in [1.82, 2.24) is 10.2 Å². The van der Waals surface area contributed by atoms with Crippen molar-refractivity contribution in [3.8, 4) is 0 Å². The molecule has 3 fully saturated rings. The average Bonchev–Trinajstić information content (AvgIpc) is 3.06. The van der Waals surface area contributed by atoms with Crippen molar-refractivity contribution in [2.45, 2.75) is 39.5 Å². The third-order valence-electron chi connectivity index (χ3n) is 5.73. The Kier molecular flexibility index (Phi) is 3.13. The molecule has 3 unspecified atom stereocenters. The number of rotatable bonds is 1. The molecule has 1 aliphatic carbocycles. The maximum absolute atomic E-state index is 12.6. The van der Waals surface area contributed by atoms with Crippen LogP contribution in [0.25, 0.3) is 0 Å². The van der Waals surface area contributed by atoms with E-state index in [4.69, 9.17) is 0 Å². The lowest BCUT2D eigenvalue weighted by molar-refractivity contribution is -0.136. The molecule has 0 bridgehead atoms. The van der Waals surface area contributed by atoms with Gasteiger partial charge in [-0.25, -0.2) is 0 Å². The normalized spacial score (nSPS) is 38.8. The molecule has 0 aromatic heterocycles. The van der Waals surface area contributed by atoms with Gasteiger partial charge in [-0.2, -0.15) is 0 Å². The van der Waals surface area contributed by atoms with E-state index >= 15 is 0 Å². The lowest BCUT2D eigenvalue weighted by Gasteiger charge is -2.36. The van der Waals surface area contributed by atoms with Gasteiger partial charge in [0.2, 0.25) is 5.91 Å². The fraction of sp³-hybridized carbons (Fsp3) is 0.933. The second-order valence-corrected chi connectivity index (χ2v) is 6.90. The smallest absolute Gasteiger partial charge is 0.226 e. The van der Waals surface area contributed by atoms with Gasteiger partial charge in [0.1, 0.15) is 0 Å². The number of hydrogen-bond donors (Lipinski definition) is 1. The zero-order valence-electron chi connectivity index (χ0n) is 11.7. The van der Waals surface area contributed by atoms with E-state index in [-0.39, 0.29) is 0 Å². The highest BCUT2D eigenvalue weighted by molar-refractivity contribution is 5.82. The van der Waals surface area contributed by atoms with Crippen molar-refractivity contribution in [3.05, 3.63) is 0 Å². The summed E-state index contributed by atoms with van der Waals surface area (Å²) in [6, 6.07) is 0. The SMILES string of the molecule is CC1CCN(C(=O)C2CC23CCNCC3)CC1C. The minimum Gasteiger partial charge on any atom is -0.342 e. The van der Waals surface area contributed by atoms with Crippen molar-refractivity contribution in [1.29, 1.82) is 0 Å². The first-order chi connectivity index (χ1) is 8.62. The molecular weight excluding hydrogens is 224 g/mol. The van der Waals surface area contributed by atoms with Crippen LogP contribution in [-0.4, -0.2) is 37.0 Å². The zero-order chi connectivity index (χ0) is 12.8. The van der Waals surface area contributed by atoms with Crippen molar-refractivity contribution < 1.29 is 4.79 Å².